The van der Waals surface area contributed by atoms with Gasteiger partial charge in [-0.05, 0) is 66.4 Å². The maximum absolute atomic E-state index is 13.1. The fraction of sp³-hybridized carbons (Fsp3) is 0.103. The van der Waals surface area contributed by atoms with Crippen LogP contribution in [0.2, 0.25) is 0 Å². The number of benzene rings is 4. The van der Waals surface area contributed by atoms with Crippen LogP contribution >= 0.6 is 0 Å². The molecule has 0 atom stereocenters. The number of nitrogens with zero attached hydrogens (tertiary/aromatic N) is 5. The van der Waals surface area contributed by atoms with Gasteiger partial charge >= 0.3 is 118 Å². The minimum absolute atomic E-state index is 0. The van der Waals surface area contributed by atoms with Crippen molar-refractivity contribution in [3.63, 3.8) is 0 Å². The molecule has 313 valence electrons. The number of carbonyl (C=O) groups is 1. The van der Waals surface area contributed by atoms with Crippen LogP contribution in [0.5, 0.6) is 11.5 Å². The number of phenols is 1. The third kappa shape index (κ3) is 14.5. The zero-order valence-corrected chi connectivity index (χ0v) is 44.5. The molecule has 0 unspecified atom stereocenters. The quantitative estimate of drug-likeness (QED) is 0.0232. The number of rotatable bonds is 14. The Kier molecular flexibility index (Phi) is 23.3. The number of aromatic hydroxyl groups is 1. The Labute approximate surface area is 449 Å². The topological polar surface area (TPSA) is 392 Å². The van der Waals surface area contributed by atoms with Crippen molar-refractivity contribution in [3.8, 4) is 17.2 Å². The van der Waals surface area contributed by atoms with Gasteiger partial charge in [0.25, 0.3) is 5.56 Å². The molecule has 62 heavy (non-hydrogen) atoms. The van der Waals surface area contributed by atoms with E-state index in [2.05, 4.69) is 34.6 Å². The number of aromatic nitrogens is 2. The van der Waals surface area contributed by atoms with Crippen LogP contribution in [-0.4, -0.2) is 85.8 Å². The number of H-pyrrole nitrogens is 1. The second-order valence-electron chi connectivity index (χ2n) is 11.3. The molecule has 5 rings (SSSR count). The SMILES string of the molecule is Cc1cc(N=Nc2c(S(=O)(=O)[O-])cc3ccc(N=Nc4c(C(=O)[O-])[nH]n(-c5ccc(S(=O)(=O)[O-])cc5)c4=O)cc3c2O)c(OO)cc1S(=O)(=O)CCOS(=O)(=O)[O-].[Cu].[Na+].[Na+].[Na+].[Na+]. The first-order valence-corrected chi connectivity index (χ1v) is 20.7. The van der Waals surface area contributed by atoms with Crippen molar-refractivity contribution in [2.75, 3.05) is 12.4 Å². The summed E-state index contributed by atoms with van der Waals surface area (Å²) in [5.41, 5.74) is -4.72. The molecular weight excluding hydrogens is 1000 g/mol. The van der Waals surface area contributed by atoms with Crippen LogP contribution in [0.25, 0.3) is 16.5 Å². The van der Waals surface area contributed by atoms with Gasteiger partial charge in [-0.3, -0.25) is 14.1 Å². The molecule has 5 aromatic rings. The molecule has 3 N–H and O–H groups in total. The van der Waals surface area contributed by atoms with Gasteiger partial charge in [-0.2, -0.15) is 5.11 Å². The number of nitrogens with one attached hydrogen (secondary N) is 1. The second kappa shape index (κ2) is 23.8. The van der Waals surface area contributed by atoms with E-state index in [0.717, 1.165) is 60.7 Å². The van der Waals surface area contributed by atoms with Gasteiger partial charge in [0.1, 0.15) is 37.3 Å². The third-order valence-electron chi connectivity index (χ3n) is 7.55. The zero-order valence-electron chi connectivity index (χ0n) is 32.3. The molecule has 0 amide bonds. The average molecular weight is 1020 g/mol. The first kappa shape index (κ1) is 60.5. The number of aromatic carboxylic acids is 1. The largest absolute Gasteiger partial charge is 1.00 e. The van der Waals surface area contributed by atoms with Gasteiger partial charge in [0.15, 0.2) is 27.0 Å². The number of hydrogen-bond donors (Lipinski definition) is 3. The Hall–Kier alpha value is -1.46. The van der Waals surface area contributed by atoms with Crippen LogP contribution < -0.4 is 134 Å². The van der Waals surface area contributed by atoms with Gasteiger partial charge in [0.05, 0.1) is 44.4 Å². The maximum atomic E-state index is 13.1. The summed E-state index contributed by atoms with van der Waals surface area (Å²) in [7, 11) is -19.9. The standard InChI is InChI=1S/C29H24N6O18S4.Cu.4Na/c1-14-10-20(21(53-40)13-22(14)54(41,42)9-8-52-57(49,50)51)31-32-24-23(56(46,47)48)11-15-2-3-16(12-19(15)27(24)36)30-33-25-26(29(38)39)34-35(28(25)37)17-4-6-18(7-5-17)55(43,44)45;;;;;/h2-7,10-13,34,36,40H,8-9H2,1H3,(H,38,39)(H,43,44,45)(H,46,47,48)(H,49,50,51);;;;;/q;;4*+1/p-4. The van der Waals surface area contributed by atoms with E-state index in [1.165, 1.54) is 6.92 Å². The predicted octanol–water partition coefficient (Wildman–Crippen LogP) is -10.5. The minimum Gasteiger partial charge on any atom is -0.744 e. The van der Waals surface area contributed by atoms with Gasteiger partial charge < -0.3 is 33.6 Å². The normalized spacial score (nSPS) is 11.8. The summed E-state index contributed by atoms with van der Waals surface area (Å²) in [6.45, 7) is 0.168. The van der Waals surface area contributed by atoms with Crippen molar-refractivity contribution >= 4 is 80.0 Å². The fourth-order valence-corrected chi connectivity index (χ4v) is 7.86. The van der Waals surface area contributed by atoms with Crippen molar-refractivity contribution < 1.29 is 212 Å². The first-order valence-electron chi connectivity index (χ1n) is 14.9. The van der Waals surface area contributed by atoms with Crippen LogP contribution in [0.4, 0.5) is 22.7 Å². The minimum atomic E-state index is -5.42. The zero-order chi connectivity index (χ0) is 42.2. The molecule has 0 fully saturated rings. The van der Waals surface area contributed by atoms with Crippen LogP contribution in [0, 0.1) is 6.92 Å². The van der Waals surface area contributed by atoms with E-state index in [1.54, 1.807) is 0 Å². The summed E-state index contributed by atoms with van der Waals surface area (Å²) in [5, 5.41) is 49.0. The van der Waals surface area contributed by atoms with Crippen molar-refractivity contribution in [3.05, 3.63) is 82.3 Å². The molecule has 0 bridgehead atoms. The Morgan fingerprint density at radius 1 is 0.790 bits per heavy atom. The Balaban J connectivity index is 0.00000744. The molecule has 0 aliphatic heterocycles. The summed E-state index contributed by atoms with van der Waals surface area (Å²) in [6, 6.07) is 9.60. The number of carboxylic acids is 1. The number of azo groups is 2. The molecule has 24 nitrogen and oxygen atoms in total. The molecule has 33 heteroatoms. The summed E-state index contributed by atoms with van der Waals surface area (Å²) in [5.74, 6) is -4.64. The van der Waals surface area contributed by atoms with E-state index in [4.69, 9.17) is 0 Å². The molecule has 1 radical (unpaired) electrons. The Morgan fingerprint density at radius 3 is 1.92 bits per heavy atom. The number of sulfone groups is 1. The van der Waals surface area contributed by atoms with Crippen molar-refractivity contribution in [2.24, 2.45) is 20.5 Å². The number of aryl methyl sites for hydroxylation is 1. The van der Waals surface area contributed by atoms with Crippen LogP contribution in [0.3, 0.4) is 0 Å². The fourth-order valence-electron chi connectivity index (χ4n) is 4.99. The molecule has 1 aromatic heterocycles. The number of hydrogen-bond acceptors (Lipinski definition) is 22. The number of carbonyl (C=O) groups excluding carboxylic acids is 1. The second-order valence-corrected chi connectivity index (χ2v) is 17.1. The van der Waals surface area contributed by atoms with Gasteiger partial charge in [-0.1, -0.05) is 6.07 Å². The molecule has 0 saturated heterocycles. The Morgan fingerprint density at radius 2 is 1.39 bits per heavy atom. The molecule has 0 spiro atoms. The van der Waals surface area contributed by atoms with E-state index < -0.39 is 113 Å². The molecule has 4 aromatic carbocycles. The molecule has 1 heterocycles. The van der Waals surface area contributed by atoms with Crippen LogP contribution in [0.15, 0.2) is 101 Å². The van der Waals surface area contributed by atoms with Gasteiger partial charge in [-0.25, -0.2) is 43.6 Å². The van der Waals surface area contributed by atoms with Gasteiger partial charge in [-0.15, -0.1) is 15.3 Å². The monoisotopic (exact) mass is 1020 g/mol. The Bertz CT molecular complexity index is 3060. The maximum Gasteiger partial charge on any atom is 1.00 e. The van der Waals surface area contributed by atoms with E-state index in [-0.39, 0.29) is 163 Å². The van der Waals surface area contributed by atoms with E-state index in [1.807, 2.05) is 0 Å². The number of aromatic amines is 1. The van der Waals surface area contributed by atoms with E-state index in [0.29, 0.717) is 4.68 Å². The number of phenolic OH excluding ortho intramolecular Hbond substituents is 1. The summed E-state index contributed by atoms with van der Waals surface area (Å²) in [4.78, 5) is 26.8. The van der Waals surface area contributed by atoms with Crippen molar-refractivity contribution in [1.29, 1.82) is 0 Å². The first-order chi connectivity index (χ1) is 26.4. The van der Waals surface area contributed by atoms with Gasteiger partial charge in [0, 0.05) is 28.5 Å². The number of fused-ring (bicyclic) bond motifs is 1. The van der Waals surface area contributed by atoms with Crippen molar-refractivity contribution in [2.45, 2.75) is 21.6 Å². The summed E-state index contributed by atoms with van der Waals surface area (Å²) in [6.07, 6.45) is 0. The average Bonchev–Trinajstić information content (AvgIpc) is 3.44. The summed E-state index contributed by atoms with van der Waals surface area (Å²) >= 11 is 0. The summed E-state index contributed by atoms with van der Waals surface area (Å²) < 4.78 is 132. The van der Waals surface area contributed by atoms with Crippen molar-refractivity contribution in [1.82, 2.24) is 9.78 Å². The molecule has 0 saturated carbocycles. The molecule has 0 aliphatic carbocycles. The third-order valence-corrected chi connectivity index (χ3v) is 11.5. The smallest absolute Gasteiger partial charge is 0.744 e. The van der Waals surface area contributed by atoms with Crippen LogP contribution in [-0.2, 0) is 61.7 Å². The van der Waals surface area contributed by atoms with Gasteiger partial charge in [0.2, 0.25) is 10.4 Å². The number of carboxylic acid groups (broad SMARTS) is 1. The predicted molar refractivity (Wildman–Crippen MR) is 183 cm³/mol. The van der Waals surface area contributed by atoms with E-state index >= 15 is 0 Å². The molecular formula is C29H20CuN6Na4O18S4. The van der Waals surface area contributed by atoms with Crippen LogP contribution in [0.1, 0.15) is 16.1 Å². The molecule has 0 aliphatic rings. The van der Waals surface area contributed by atoms with E-state index in [9.17, 15) is 72.4 Å².